The smallest absolute Gasteiger partial charge is 0.298 e. The molecule has 1 aliphatic rings. The molecule has 114 valence electrons. The van der Waals surface area contributed by atoms with Gasteiger partial charge in [0.2, 0.25) is 11.3 Å². The van der Waals surface area contributed by atoms with Crippen molar-refractivity contribution in [3.8, 4) is 11.5 Å². The van der Waals surface area contributed by atoms with Crippen LogP contribution in [-0.4, -0.2) is 44.9 Å². The lowest BCUT2D eigenvalue weighted by molar-refractivity contribution is 0.353. The molecule has 1 aromatic heterocycles. The summed E-state index contributed by atoms with van der Waals surface area (Å²) in [4.78, 5) is 6.68. The number of rotatable bonds is 3. The standard InChI is InChI=1S/C14H18ClN3O3/c1-8-7-16-4-5-18(8)14-17-10-6-9(15)11(19-2)13(20-3)12(10)21-14/h6,8,16H,4-5,7H2,1-3H3/t8-/m0/s1. The largest absolute Gasteiger partial charge is 0.491 e. The van der Waals surface area contributed by atoms with Crippen LogP contribution >= 0.6 is 11.6 Å². The van der Waals surface area contributed by atoms with Crippen molar-refractivity contribution in [3.05, 3.63) is 11.1 Å². The Balaban J connectivity index is 2.11. The van der Waals surface area contributed by atoms with Gasteiger partial charge in [-0.1, -0.05) is 11.6 Å². The number of nitrogens with one attached hydrogen (secondary N) is 1. The number of oxazole rings is 1. The van der Waals surface area contributed by atoms with E-state index in [-0.39, 0.29) is 0 Å². The maximum atomic E-state index is 6.20. The fourth-order valence-electron chi connectivity index (χ4n) is 2.60. The van der Waals surface area contributed by atoms with Crippen LogP contribution in [0.3, 0.4) is 0 Å². The lowest BCUT2D eigenvalue weighted by atomic mass is 10.2. The molecule has 0 aliphatic carbocycles. The fourth-order valence-corrected chi connectivity index (χ4v) is 2.87. The molecule has 0 saturated carbocycles. The average Bonchev–Trinajstić information content (AvgIpc) is 2.89. The van der Waals surface area contributed by atoms with Gasteiger partial charge in [-0.15, -0.1) is 0 Å². The predicted octanol–water partition coefficient (Wildman–Crippen LogP) is 2.30. The maximum Gasteiger partial charge on any atom is 0.298 e. The van der Waals surface area contributed by atoms with Gasteiger partial charge < -0.3 is 24.1 Å². The minimum atomic E-state index is 0.315. The summed E-state index contributed by atoms with van der Waals surface area (Å²) in [6, 6.07) is 2.63. The molecule has 7 heteroatoms. The molecule has 6 nitrogen and oxygen atoms in total. The van der Waals surface area contributed by atoms with Crippen molar-refractivity contribution in [3.63, 3.8) is 0 Å². The Morgan fingerprint density at radius 1 is 1.38 bits per heavy atom. The first-order chi connectivity index (χ1) is 10.2. The molecule has 3 rings (SSSR count). The number of piperazine rings is 1. The number of methoxy groups -OCH3 is 2. The normalized spacial score (nSPS) is 19.0. The van der Waals surface area contributed by atoms with E-state index in [4.69, 9.17) is 25.5 Å². The van der Waals surface area contributed by atoms with Crippen LogP contribution in [0.15, 0.2) is 10.5 Å². The van der Waals surface area contributed by atoms with Gasteiger partial charge in [0.25, 0.3) is 6.01 Å². The van der Waals surface area contributed by atoms with Crippen LogP contribution in [0.5, 0.6) is 11.5 Å². The van der Waals surface area contributed by atoms with Gasteiger partial charge in [-0.2, -0.15) is 4.98 Å². The van der Waals surface area contributed by atoms with Gasteiger partial charge >= 0.3 is 0 Å². The second-order valence-electron chi connectivity index (χ2n) is 5.02. The van der Waals surface area contributed by atoms with E-state index in [1.807, 2.05) is 0 Å². The van der Waals surface area contributed by atoms with Crippen molar-refractivity contribution >= 4 is 28.7 Å². The third kappa shape index (κ3) is 2.38. The first-order valence-electron chi connectivity index (χ1n) is 6.84. The third-order valence-electron chi connectivity index (χ3n) is 3.69. The van der Waals surface area contributed by atoms with Crippen LogP contribution in [-0.2, 0) is 0 Å². The van der Waals surface area contributed by atoms with Crippen LogP contribution in [0.4, 0.5) is 6.01 Å². The SMILES string of the molecule is COc1c(Cl)cc2nc(N3CCNC[C@@H]3C)oc2c1OC. The average molecular weight is 312 g/mol. The molecule has 1 aromatic carbocycles. The summed E-state index contributed by atoms with van der Waals surface area (Å²) < 4.78 is 16.6. The number of halogens is 1. The minimum absolute atomic E-state index is 0.315. The Morgan fingerprint density at radius 3 is 2.81 bits per heavy atom. The summed E-state index contributed by atoms with van der Waals surface area (Å²) >= 11 is 6.20. The van der Waals surface area contributed by atoms with Gasteiger partial charge in [-0.25, -0.2) is 0 Å². The second kappa shape index (κ2) is 5.61. The number of aromatic nitrogens is 1. The zero-order chi connectivity index (χ0) is 15.0. The molecule has 21 heavy (non-hydrogen) atoms. The van der Waals surface area contributed by atoms with Crippen LogP contribution in [0, 0.1) is 0 Å². The number of hydrogen-bond acceptors (Lipinski definition) is 6. The lowest BCUT2D eigenvalue weighted by Crippen LogP contribution is -2.50. The number of hydrogen-bond donors (Lipinski definition) is 1. The molecule has 1 N–H and O–H groups in total. The highest BCUT2D eigenvalue weighted by molar-refractivity contribution is 6.33. The van der Waals surface area contributed by atoms with Crippen molar-refractivity contribution in [2.75, 3.05) is 38.8 Å². The Labute approximate surface area is 128 Å². The number of fused-ring (bicyclic) bond motifs is 1. The van der Waals surface area contributed by atoms with E-state index >= 15 is 0 Å². The Morgan fingerprint density at radius 2 is 2.14 bits per heavy atom. The maximum absolute atomic E-state index is 6.20. The summed E-state index contributed by atoms with van der Waals surface area (Å²) in [5, 5.41) is 3.79. The molecule has 0 radical (unpaired) electrons. The zero-order valence-corrected chi connectivity index (χ0v) is 13.0. The molecule has 1 atom stereocenters. The quantitative estimate of drug-likeness (QED) is 0.938. The summed E-state index contributed by atoms with van der Waals surface area (Å²) in [6.07, 6.45) is 0. The van der Waals surface area contributed by atoms with E-state index in [0.29, 0.717) is 39.7 Å². The fraction of sp³-hybridized carbons (Fsp3) is 0.500. The van der Waals surface area contributed by atoms with Gasteiger partial charge in [0, 0.05) is 25.7 Å². The molecule has 1 saturated heterocycles. The number of ether oxygens (including phenoxy) is 2. The molecule has 0 spiro atoms. The molecular formula is C14H18ClN3O3. The van der Waals surface area contributed by atoms with Gasteiger partial charge in [0.05, 0.1) is 19.2 Å². The highest BCUT2D eigenvalue weighted by Gasteiger charge is 2.25. The first kappa shape index (κ1) is 14.3. The first-order valence-corrected chi connectivity index (χ1v) is 7.22. The van der Waals surface area contributed by atoms with Gasteiger partial charge in [0.15, 0.2) is 5.75 Å². The molecule has 0 unspecified atom stereocenters. The Bertz CT molecular complexity index is 658. The molecule has 1 fully saturated rings. The van der Waals surface area contributed by atoms with Crippen molar-refractivity contribution < 1.29 is 13.9 Å². The number of anilines is 1. The zero-order valence-electron chi connectivity index (χ0n) is 12.3. The van der Waals surface area contributed by atoms with Crippen molar-refractivity contribution in [1.29, 1.82) is 0 Å². The summed E-state index contributed by atoms with van der Waals surface area (Å²) in [6.45, 7) is 4.79. The summed E-state index contributed by atoms with van der Waals surface area (Å²) in [5.74, 6) is 0.935. The Kier molecular flexibility index (Phi) is 3.82. The molecule has 0 bridgehead atoms. The molecule has 1 aliphatic heterocycles. The second-order valence-corrected chi connectivity index (χ2v) is 5.42. The minimum Gasteiger partial charge on any atom is -0.491 e. The molecular weight excluding hydrogens is 294 g/mol. The molecule has 2 aromatic rings. The highest BCUT2D eigenvalue weighted by atomic mass is 35.5. The van der Waals surface area contributed by atoms with Crippen LogP contribution in [0.25, 0.3) is 11.1 Å². The van der Waals surface area contributed by atoms with E-state index in [2.05, 4.69) is 22.1 Å². The highest BCUT2D eigenvalue weighted by Crippen LogP contribution is 2.42. The van der Waals surface area contributed by atoms with E-state index in [1.165, 1.54) is 0 Å². The Hall–Kier alpha value is -1.66. The van der Waals surface area contributed by atoms with Crippen molar-refractivity contribution in [2.24, 2.45) is 0 Å². The van der Waals surface area contributed by atoms with Crippen LogP contribution < -0.4 is 19.7 Å². The summed E-state index contributed by atoms with van der Waals surface area (Å²) in [5.41, 5.74) is 1.22. The van der Waals surface area contributed by atoms with Gasteiger partial charge in [-0.3, -0.25) is 0 Å². The lowest BCUT2D eigenvalue weighted by Gasteiger charge is -2.32. The van der Waals surface area contributed by atoms with Crippen LogP contribution in [0.2, 0.25) is 5.02 Å². The van der Waals surface area contributed by atoms with Gasteiger partial charge in [0.1, 0.15) is 5.52 Å². The topological polar surface area (TPSA) is 59.8 Å². The number of benzene rings is 1. The molecule has 0 amide bonds. The predicted molar refractivity (Wildman–Crippen MR) is 81.8 cm³/mol. The van der Waals surface area contributed by atoms with Gasteiger partial charge in [-0.05, 0) is 13.0 Å². The van der Waals surface area contributed by atoms with Crippen LogP contribution in [0.1, 0.15) is 6.92 Å². The summed E-state index contributed by atoms with van der Waals surface area (Å²) in [7, 11) is 3.11. The number of nitrogens with zero attached hydrogens (tertiary/aromatic N) is 2. The monoisotopic (exact) mass is 311 g/mol. The third-order valence-corrected chi connectivity index (χ3v) is 3.97. The van der Waals surface area contributed by atoms with E-state index in [0.717, 1.165) is 19.6 Å². The van der Waals surface area contributed by atoms with E-state index < -0.39 is 0 Å². The van der Waals surface area contributed by atoms with Crippen molar-refractivity contribution in [2.45, 2.75) is 13.0 Å². The van der Waals surface area contributed by atoms with E-state index in [1.54, 1.807) is 20.3 Å². The van der Waals surface area contributed by atoms with E-state index in [9.17, 15) is 0 Å². The molecule has 2 heterocycles. The van der Waals surface area contributed by atoms with Crippen molar-refractivity contribution in [1.82, 2.24) is 10.3 Å².